The molecule has 0 aliphatic heterocycles. The molecule has 0 aromatic carbocycles. The van der Waals surface area contributed by atoms with Crippen molar-refractivity contribution in [2.24, 2.45) is 5.16 Å². The van der Waals surface area contributed by atoms with Crippen molar-refractivity contribution >= 4 is 14.5 Å². The highest BCUT2D eigenvalue weighted by molar-refractivity contribution is 6.69. The fourth-order valence-corrected chi connectivity index (χ4v) is 3.28. The monoisotopic (exact) mass is 337 g/mol. The third-order valence-electron chi connectivity index (χ3n) is 2.98. The Bertz CT molecular complexity index is 310. The molecule has 22 heavy (non-hydrogen) atoms. The lowest BCUT2D eigenvalue weighted by Gasteiger charge is -2.36. The van der Waals surface area contributed by atoms with Gasteiger partial charge in [-0.25, -0.2) is 0 Å². The summed E-state index contributed by atoms with van der Waals surface area (Å²) in [4.78, 5) is 4.71. The van der Waals surface area contributed by atoms with Crippen LogP contribution in [0.5, 0.6) is 0 Å². The van der Waals surface area contributed by atoms with Gasteiger partial charge in [-0.1, -0.05) is 5.16 Å². The highest BCUT2D eigenvalue weighted by Gasteiger charge is 2.38. The van der Waals surface area contributed by atoms with Gasteiger partial charge in [0.15, 0.2) is 8.32 Å². The second-order valence-electron chi connectivity index (χ2n) is 5.76. The molecule has 0 fully saturated rings. The molecule has 4 atom stereocenters. The van der Waals surface area contributed by atoms with Crippen molar-refractivity contribution in [1.29, 1.82) is 0 Å². The zero-order valence-electron chi connectivity index (χ0n) is 15.0. The van der Waals surface area contributed by atoms with E-state index in [2.05, 4.69) is 24.8 Å². The molecule has 0 unspecified atom stereocenters. The number of oxime groups is 1. The predicted octanol–water partition coefficient (Wildman–Crippen LogP) is 1.53. The van der Waals surface area contributed by atoms with E-state index in [4.69, 9.17) is 28.2 Å². The molecule has 8 heteroatoms. The molecule has 0 saturated carbocycles. The minimum Gasteiger partial charge on any atom is -0.410 e. The molecule has 0 heterocycles. The summed E-state index contributed by atoms with van der Waals surface area (Å²) in [7, 11) is 6.12. The Morgan fingerprint density at radius 2 is 1.50 bits per heavy atom. The minimum absolute atomic E-state index is 0.264. The molecule has 0 saturated heterocycles. The van der Waals surface area contributed by atoms with Gasteiger partial charge in [0, 0.05) is 28.4 Å². The minimum atomic E-state index is -1.78. The highest BCUT2D eigenvalue weighted by Crippen LogP contribution is 2.19. The Morgan fingerprint density at radius 1 is 0.909 bits per heavy atom. The predicted molar refractivity (Wildman–Crippen MR) is 88.0 cm³/mol. The van der Waals surface area contributed by atoms with E-state index >= 15 is 0 Å². The van der Waals surface area contributed by atoms with Crippen molar-refractivity contribution in [2.45, 2.75) is 44.1 Å². The highest BCUT2D eigenvalue weighted by atomic mass is 28.4. The Balaban J connectivity index is 5.28. The Labute approximate surface area is 135 Å². The van der Waals surface area contributed by atoms with Gasteiger partial charge in [0.2, 0.25) is 0 Å². The lowest BCUT2D eigenvalue weighted by atomic mass is 10.0. The molecular weight excluding hydrogens is 306 g/mol. The third-order valence-corrected chi connectivity index (χ3v) is 3.99. The summed E-state index contributed by atoms with van der Waals surface area (Å²) in [5.74, 6) is 0. The van der Waals surface area contributed by atoms with Crippen LogP contribution < -0.4 is 0 Å². The van der Waals surface area contributed by atoms with Gasteiger partial charge >= 0.3 is 0 Å². The van der Waals surface area contributed by atoms with Crippen LogP contribution in [0.4, 0.5) is 0 Å². The number of hydrogen-bond donors (Lipinski definition) is 0. The molecule has 0 aromatic rings. The largest absolute Gasteiger partial charge is 0.410 e. The van der Waals surface area contributed by atoms with E-state index in [1.165, 1.54) is 7.11 Å². The second-order valence-corrected chi connectivity index (χ2v) is 10.2. The first-order valence-electron chi connectivity index (χ1n) is 7.16. The molecule has 0 bridgehead atoms. The topological polar surface area (TPSA) is 67.7 Å². The molecule has 7 nitrogen and oxygen atoms in total. The maximum atomic E-state index is 6.19. The summed E-state index contributed by atoms with van der Waals surface area (Å²) in [6.45, 7) is 6.75. The molecule has 132 valence electrons. The van der Waals surface area contributed by atoms with Gasteiger partial charge in [-0.15, -0.1) is 0 Å². The van der Waals surface area contributed by atoms with Gasteiger partial charge in [-0.2, -0.15) is 0 Å². The Morgan fingerprint density at radius 3 is 1.86 bits per heavy atom. The maximum absolute atomic E-state index is 6.19. The molecule has 0 radical (unpaired) electrons. The molecule has 0 aliphatic rings. The average molecular weight is 337 g/mol. The van der Waals surface area contributed by atoms with E-state index in [9.17, 15) is 0 Å². The van der Waals surface area contributed by atoms with Crippen molar-refractivity contribution in [3.8, 4) is 0 Å². The fraction of sp³-hybridized carbons (Fsp3) is 0.929. The molecule has 0 rings (SSSR count). The lowest BCUT2D eigenvalue weighted by Crippen LogP contribution is -2.52. The summed E-state index contributed by atoms with van der Waals surface area (Å²) in [5, 5.41) is 3.76. The number of nitrogens with zero attached hydrogens (tertiary/aromatic N) is 1. The summed E-state index contributed by atoms with van der Waals surface area (Å²) < 4.78 is 28.1. The van der Waals surface area contributed by atoms with Crippen LogP contribution in [0.25, 0.3) is 0 Å². The number of rotatable bonds is 12. The van der Waals surface area contributed by atoms with Crippen molar-refractivity contribution in [3.05, 3.63) is 0 Å². The second kappa shape index (κ2) is 11.1. The molecule has 0 N–H and O–H groups in total. The summed E-state index contributed by atoms with van der Waals surface area (Å²) in [6.07, 6.45) is 0.0634. The van der Waals surface area contributed by atoms with Crippen molar-refractivity contribution in [1.82, 2.24) is 0 Å². The Kier molecular flexibility index (Phi) is 10.8. The van der Waals surface area contributed by atoms with Crippen molar-refractivity contribution in [3.63, 3.8) is 0 Å². The Hall–Kier alpha value is -0.513. The number of hydrogen-bond acceptors (Lipinski definition) is 7. The van der Waals surface area contributed by atoms with E-state index in [1.807, 2.05) is 0 Å². The van der Waals surface area contributed by atoms with Crippen LogP contribution >= 0.6 is 0 Å². The number of ether oxygens (including phenoxy) is 4. The maximum Gasteiger partial charge on any atom is 0.184 e. The normalized spacial score (nSPS) is 18.2. The van der Waals surface area contributed by atoms with E-state index in [0.717, 1.165) is 0 Å². The smallest absolute Gasteiger partial charge is 0.184 e. The van der Waals surface area contributed by atoms with Gasteiger partial charge in [0.1, 0.15) is 25.4 Å². The summed E-state index contributed by atoms with van der Waals surface area (Å²) in [6, 6.07) is 0. The van der Waals surface area contributed by atoms with E-state index < -0.39 is 20.5 Å². The van der Waals surface area contributed by atoms with Crippen LogP contribution in [0.2, 0.25) is 19.6 Å². The third kappa shape index (κ3) is 7.66. The molecule has 0 aliphatic carbocycles. The van der Waals surface area contributed by atoms with Crippen molar-refractivity contribution < 1.29 is 28.2 Å². The standard InChI is InChI=1S/C14H31NO6Si/c1-16-10-12(21-22(6,7)8)14(19-4)13(18-3)11(17-2)9-15-20-5/h9,11-14H,10H2,1-8H3/b15-9-/t11-,12+,13+,14-/m0/s1. The summed E-state index contributed by atoms with van der Waals surface area (Å²) in [5.41, 5.74) is 0. The van der Waals surface area contributed by atoms with Gasteiger partial charge in [-0.3, -0.25) is 0 Å². The van der Waals surface area contributed by atoms with E-state index in [1.54, 1.807) is 34.7 Å². The SMILES string of the molecule is COC[C@@H](O[Si](C)(C)C)[C@H](OC)[C@H](OC)[C@H](/C=N\OC)OC. The molecule has 0 amide bonds. The van der Waals surface area contributed by atoms with E-state index in [-0.39, 0.29) is 12.2 Å². The first-order valence-corrected chi connectivity index (χ1v) is 10.6. The van der Waals surface area contributed by atoms with Crippen LogP contribution in [0.3, 0.4) is 0 Å². The molecule has 0 aromatic heterocycles. The van der Waals surface area contributed by atoms with Crippen molar-refractivity contribution in [2.75, 3.05) is 42.2 Å². The quantitative estimate of drug-likeness (QED) is 0.306. The van der Waals surface area contributed by atoms with Gasteiger partial charge in [-0.05, 0) is 19.6 Å². The van der Waals surface area contributed by atoms with Crippen LogP contribution in [-0.2, 0) is 28.2 Å². The average Bonchev–Trinajstić information content (AvgIpc) is 2.45. The zero-order chi connectivity index (χ0) is 17.2. The van der Waals surface area contributed by atoms with Crippen LogP contribution in [0.15, 0.2) is 5.16 Å². The first kappa shape index (κ1) is 21.5. The zero-order valence-corrected chi connectivity index (χ0v) is 16.0. The van der Waals surface area contributed by atoms with Gasteiger partial charge in [0.05, 0.1) is 18.9 Å². The number of methoxy groups -OCH3 is 4. The van der Waals surface area contributed by atoms with Crippen LogP contribution in [0, 0.1) is 0 Å². The molecule has 0 spiro atoms. The van der Waals surface area contributed by atoms with Gasteiger partial charge in [0.25, 0.3) is 0 Å². The summed E-state index contributed by atoms with van der Waals surface area (Å²) >= 11 is 0. The van der Waals surface area contributed by atoms with Crippen LogP contribution in [0.1, 0.15) is 0 Å². The van der Waals surface area contributed by atoms with Crippen LogP contribution in [-0.4, -0.2) is 81.1 Å². The molecular formula is C14H31NO6Si. The van der Waals surface area contributed by atoms with Gasteiger partial charge < -0.3 is 28.2 Å². The fourth-order valence-electron chi connectivity index (χ4n) is 2.17. The first-order chi connectivity index (χ1) is 10.3. The lowest BCUT2D eigenvalue weighted by molar-refractivity contribution is -0.132. The van der Waals surface area contributed by atoms with E-state index in [0.29, 0.717) is 6.61 Å².